The maximum Gasteiger partial charge on any atom is 0.102 e. The SMILES string of the molecule is CCCNC(c1cscc1Br)C(OC)c1ccccc1. The summed E-state index contributed by atoms with van der Waals surface area (Å²) < 4.78 is 6.94. The van der Waals surface area contributed by atoms with Crippen LogP contribution in [0.1, 0.15) is 36.6 Å². The number of hydrogen-bond acceptors (Lipinski definition) is 3. The van der Waals surface area contributed by atoms with Crippen LogP contribution in [0.4, 0.5) is 0 Å². The molecular formula is C16H20BrNOS. The maximum absolute atomic E-state index is 5.80. The molecule has 1 aromatic heterocycles. The van der Waals surface area contributed by atoms with E-state index in [2.05, 4.69) is 63.2 Å². The maximum atomic E-state index is 5.80. The number of nitrogens with one attached hydrogen (secondary N) is 1. The van der Waals surface area contributed by atoms with Crippen molar-refractivity contribution in [3.63, 3.8) is 0 Å². The van der Waals surface area contributed by atoms with Crippen molar-refractivity contribution in [3.05, 3.63) is 56.7 Å². The van der Waals surface area contributed by atoms with Crippen LogP contribution in [0.25, 0.3) is 0 Å². The van der Waals surface area contributed by atoms with Crippen LogP contribution >= 0.6 is 27.3 Å². The average molecular weight is 354 g/mol. The van der Waals surface area contributed by atoms with E-state index in [1.54, 1.807) is 18.4 Å². The molecule has 2 aromatic rings. The third-order valence-corrected chi connectivity index (χ3v) is 5.03. The molecule has 1 aromatic carbocycles. The van der Waals surface area contributed by atoms with Gasteiger partial charge in [-0.05, 0) is 45.4 Å². The number of ether oxygens (including phenoxy) is 1. The topological polar surface area (TPSA) is 21.3 Å². The van der Waals surface area contributed by atoms with E-state index in [1.807, 2.05) is 6.07 Å². The van der Waals surface area contributed by atoms with E-state index < -0.39 is 0 Å². The van der Waals surface area contributed by atoms with E-state index >= 15 is 0 Å². The molecule has 0 saturated heterocycles. The minimum absolute atomic E-state index is 0.00801. The first-order valence-electron chi connectivity index (χ1n) is 6.80. The fourth-order valence-electron chi connectivity index (χ4n) is 2.30. The quantitative estimate of drug-likeness (QED) is 0.761. The van der Waals surface area contributed by atoms with E-state index in [9.17, 15) is 0 Å². The molecule has 0 fully saturated rings. The Morgan fingerprint density at radius 2 is 2.00 bits per heavy atom. The highest BCUT2D eigenvalue weighted by Gasteiger charge is 2.26. The molecule has 2 atom stereocenters. The zero-order chi connectivity index (χ0) is 14.4. The summed E-state index contributed by atoms with van der Waals surface area (Å²) in [7, 11) is 1.78. The summed E-state index contributed by atoms with van der Waals surface area (Å²) in [4.78, 5) is 0. The van der Waals surface area contributed by atoms with E-state index in [4.69, 9.17) is 4.74 Å². The molecule has 0 aliphatic heterocycles. The number of thiophene rings is 1. The van der Waals surface area contributed by atoms with Gasteiger partial charge < -0.3 is 10.1 Å². The molecular weight excluding hydrogens is 334 g/mol. The molecule has 4 heteroatoms. The molecule has 0 spiro atoms. The molecule has 1 heterocycles. The van der Waals surface area contributed by atoms with Gasteiger partial charge in [-0.1, -0.05) is 37.3 Å². The fraction of sp³-hybridized carbons (Fsp3) is 0.375. The Kier molecular flexibility index (Phi) is 6.23. The first-order chi connectivity index (χ1) is 9.77. The molecule has 0 radical (unpaired) electrons. The molecule has 2 rings (SSSR count). The highest BCUT2D eigenvalue weighted by molar-refractivity contribution is 9.10. The predicted octanol–water partition coefficient (Wildman–Crippen LogP) is 4.94. The molecule has 108 valence electrons. The van der Waals surface area contributed by atoms with Crippen molar-refractivity contribution in [2.45, 2.75) is 25.5 Å². The van der Waals surface area contributed by atoms with Crippen molar-refractivity contribution >= 4 is 27.3 Å². The van der Waals surface area contributed by atoms with Crippen LogP contribution in [0.3, 0.4) is 0 Å². The van der Waals surface area contributed by atoms with Gasteiger partial charge in [0.2, 0.25) is 0 Å². The Morgan fingerprint density at radius 1 is 1.25 bits per heavy atom. The van der Waals surface area contributed by atoms with Gasteiger partial charge in [0.1, 0.15) is 6.10 Å². The Labute approximate surface area is 133 Å². The standard InChI is InChI=1S/C16H20BrNOS/c1-3-9-18-15(13-10-20-11-14(13)17)16(19-2)12-7-5-4-6-8-12/h4-8,10-11,15-16,18H,3,9H2,1-2H3. The van der Waals surface area contributed by atoms with Crippen molar-refractivity contribution in [2.24, 2.45) is 0 Å². The summed E-state index contributed by atoms with van der Waals surface area (Å²) in [5.74, 6) is 0. The molecule has 0 bridgehead atoms. The minimum atomic E-state index is 0.00801. The normalized spacial score (nSPS) is 14.2. The van der Waals surface area contributed by atoms with Gasteiger partial charge in [0.15, 0.2) is 0 Å². The van der Waals surface area contributed by atoms with Gasteiger partial charge in [-0.2, -0.15) is 11.3 Å². The van der Waals surface area contributed by atoms with Gasteiger partial charge in [0.25, 0.3) is 0 Å². The van der Waals surface area contributed by atoms with Crippen molar-refractivity contribution in [3.8, 4) is 0 Å². The van der Waals surface area contributed by atoms with Crippen LogP contribution in [-0.4, -0.2) is 13.7 Å². The minimum Gasteiger partial charge on any atom is -0.375 e. The van der Waals surface area contributed by atoms with Gasteiger partial charge in [-0.15, -0.1) is 0 Å². The Balaban J connectivity index is 2.31. The van der Waals surface area contributed by atoms with E-state index in [1.165, 1.54) is 11.1 Å². The fourth-order valence-corrected chi connectivity index (χ4v) is 3.88. The third kappa shape index (κ3) is 3.70. The molecule has 20 heavy (non-hydrogen) atoms. The van der Waals surface area contributed by atoms with Crippen molar-refractivity contribution in [1.29, 1.82) is 0 Å². The molecule has 2 nitrogen and oxygen atoms in total. The highest BCUT2D eigenvalue weighted by atomic mass is 79.9. The molecule has 0 amide bonds. The van der Waals surface area contributed by atoms with Gasteiger partial charge in [-0.3, -0.25) is 0 Å². The number of rotatable bonds is 7. The second-order valence-electron chi connectivity index (χ2n) is 4.67. The summed E-state index contributed by atoms with van der Waals surface area (Å²) in [6.07, 6.45) is 1.11. The van der Waals surface area contributed by atoms with Gasteiger partial charge >= 0.3 is 0 Å². The lowest BCUT2D eigenvalue weighted by molar-refractivity contribution is 0.0675. The first kappa shape index (κ1) is 15.7. The zero-order valence-corrected chi connectivity index (χ0v) is 14.2. The highest BCUT2D eigenvalue weighted by Crippen LogP contribution is 2.37. The lowest BCUT2D eigenvalue weighted by atomic mass is 9.97. The van der Waals surface area contributed by atoms with E-state index in [0.717, 1.165) is 17.4 Å². The second kappa shape index (κ2) is 7.93. The summed E-state index contributed by atoms with van der Waals surface area (Å²) in [5.41, 5.74) is 2.46. The number of halogens is 1. The van der Waals surface area contributed by atoms with Crippen LogP contribution in [0, 0.1) is 0 Å². The van der Waals surface area contributed by atoms with E-state index in [0.29, 0.717) is 0 Å². The Morgan fingerprint density at radius 3 is 2.55 bits per heavy atom. The summed E-state index contributed by atoms with van der Waals surface area (Å²) in [6.45, 7) is 3.15. The van der Waals surface area contributed by atoms with Gasteiger partial charge in [-0.25, -0.2) is 0 Å². The molecule has 1 N–H and O–H groups in total. The molecule has 0 aliphatic rings. The molecule has 0 saturated carbocycles. The Bertz CT molecular complexity index is 514. The lowest BCUT2D eigenvalue weighted by Crippen LogP contribution is -2.28. The summed E-state index contributed by atoms with van der Waals surface area (Å²) in [5, 5.41) is 7.92. The largest absolute Gasteiger partial charge is 0.375 e. The molecule has 2 unspecified atom stereocenters. The van der Waals surface area contributed by atoms with Crippen LogP contribution in [-0.2, 0) is 4.74 Å². The Hall–Kier alpha value is -0.680. The van der Waals surface area contributed by atoms with Gasteiger partial charge in [0, 0.05) is 17.0 Å². The molecule has 0 aliphatic carbocycles. The monoisotopic (exact) mass is 353 g/mol. The average Bonchev–Trinajstić information content (AvgIpc) is 2.90. The number of methoxy groups -OCH3 is 1. The first-order valence-corrected chi connectivity index (χ1v) is 8.54. The van der Waals surface area contributed by atoms with Crippen LogP contribution < -0.4 is 5.32 Å². The van der Waals surface area contributed by atoms with Crippen molar-refractivity contribution in [2.75, 3.05) is 13.7 Å². The van der Waals surface area contributed by atoms with Crippen molar-refractivity contribution in [1.82, 2.24) is 5.32 Å². The van der Waals surface area contributed by atoms with Crippen LogP contribution in [0.5, 0.6) is 0 Å². The smallest absolute Gasteiger partial charge is 0.102 e. The van der Waals surface area contributed by atoms with Gasteiger partial charge in [0.05, 0.1) is 6.04 Å². The number of benzene rings is 1. The third-order valence-electron chi connectivity index (χ3n) is 3.28. The van der Waals surface area contributed by atoms with E-state index in [-0.39, 0.29) is 12.1 Å². The van der Waals surface area contributed by atoms with Crippen LogP contribution in [0.15, 0.2) is 45.6 Å². The van der Waals surface area contributed by atoms with Crippen LogP contribution in [0.2, 0.25) is 0 Å². The summed E-state index contributed by atoms with van der Waals surface area (Å²) in [6, 6.07) is 10.5. The lowest BCUT2D eigenvalue weighted by Gasteiger charge is -2.27. The van der Waals surface area contributed by atoms with Crippen molar-refractivity contribution < 1.29 is 4.74 Å². The summed E-state index contributed by atoms with van der Waals surface area (Å²) >= 11 is 5.35. The second-order valence-corrected chi connectivity index (χ2v) is 6.27. The predicted molar refractivity (Wildman–Crippen MR) is 89.2 cm³/mol. The number of hydrogen-bond donors (Lipinski definition) is 1. The zero-order valence-electron chi connectivity index (χ0n) is 11.8.